The number of hydrogen-bond donors (Lipinski definition) is 0. The number of urea groups is 1. The molecule has 0 aromatic rings. The van der Waals surface area contributed by atoms with Crippen LogP contribution in [0.15, 0.2) is 0 Å². The summed E-state index contributed by atoms with van der Waals surface area (Å²) in [6, 6.07) is -1.29. The van der Waals surface area contributed by atoms with Gasteiger partial charge in [0.15, 0.2) is 0 Å². The molecule has 2 fully saturated rings. The van der Waals surface area contributed by atoms with Crippen molar-refractivity contribution in [2.45, 2.75) is 25.6 Å². The fourth-order valence-electron chi connectivity index (χ4n) is 2.50. The van der Waals surface area contributed by atoms with Crippen LogP contribution >= 0.6 is 0 Å². The van der Waals surface area contributed by atoms with E-state index in [9.17, 15) is 22.8 Å². The Morgan fingerprint density at radius 3 is 2.58 bits per heavy atom. The predicted octanol–water partition coefficient (Wildman–Crippen LogP) is 1.24. The van der Waals surface area contributed by atoms with Gasteiger partial charge in [0.2, 0.25) is 5.91 Å². The summed E-state index contributed by atoms with van der Waals surface area (Å²) in [6.07, 6.45) is -3.97. The van der Waals surface area contributed by atoms with Gasteiger partial charge in [0.1, 0.15) is 6.54 Å². The summed E-state index contributed by atoms with van der Waals surface area (Å²) in [7, 11) is 0. The zero-order valence-electron chi connectivity index (χ0n) is 10.4. The molecular formula is C11H15F3N2O3. The van der Waals surface area contributed by atoms with Crippen LogP contribution in [0.2, 0.25) is 0 Å². The van der Waals surface area contributed by atoms with Crippen LogP contribution in [0.5, 0.6) is 0 Å². The van der Waals surface area contributed by atoms with E-state index in [4.69, 9.17) is 4.74 Å². The Hall–Kier alpha value is -1.31. The topological polar surface area (TPSA) is 49.9 Å². The van der Waals surface area contributed by atoms with E-state index in [1.165, 1.54) is 4.90 Å². The van der Waals surface area contributed by atoms with E-state index in [0.29, 0.717) is 17.9 Å². The number of carbonyl (C=O) groups excluding carboxylic acids is 2. The summed E-state index contributed by atoms with van der Waals surface area (Å²) in [5, 5.41) is 0. The lowest BCUT2D eigenvalue weighted by molar-refractivity contribution is -0.162. The molecule has 2 saturated heterocycles. The highest BCUT2D eigenvalue weighted by Crippen LogP contribution is 2.30. The molecule has 108 valence electrons. The second-order valence-corrected chi connectivity index (χ2v) is 4.73. The largest absolute Gasteiger partial charge is 0.406 e. The molecule has 0 aromatic heterocycles. The Morgan fingerprint density at radius 1 is 1.32 bits per heavy atom. The van der Waals surface area contributed by atoms with Gasteiger partial charge in [-0.2, -0.15) is 13.2 Å². The molecule has 5 nitrogen and oxygen atoms in total. The van der Waals surface area contributed by atoms with E-state index in [0.717, 1.165) is 0 Å². The van der Waals surface area contributed by atoms with Gasteiger partial charge in [-0.05, 0) is 6.42 Å². The molecule has 2 aliphatic rings. The number of hydrogen-bond acceptors (Lipinski definition) is 3. The average Bonchev–Trinajstić information content (AvgIpc) is 2.78. The third-order valence-electron chi connectivity index (χ3n) is 3.31. The fraction of sp³-hybridized carbons (Fsp3) is 0.818. The Kier molecular flexibility index (Phi) is 3.71. The molecule has 0 radical (unpaired) electrons. The number of ether oxygens (including phenoxy) is 1. The molecule has 2 aliphatic heterocycles. The summed E-state index contributed by atoms with van der Waals surface area (Å²) in [6.45, 7) is 0.898. The van der Waals surface area contributed by atoms with Crippen LogP contribution in [0.1, 0.15) is 13.3 Å². The molecule has 2 heterocycles. The molecule has 2 unspecified atom stereocenters. The second-order valence-electron chi connectivity index (χ2n) is 4.73. The van der Waals surface area contributed by atoms with Gasteiger partial charge in [-0.15, -0.1) is 0 Å². The normalized spacial score (nSPS) is 28.0. The number of halogens is 3. The molecule has 0 spiro atoms. The van der Waals surface area contributed by atoms with Crippen molar-refractivity contribution in [3.63, 3.8) is 0 Å². The predicted molar refractivity (Wildman–Crippen MR) is 58.3 cm³/mol. The Balaban J connectivity index is 2.23. The second kappa shape index (κ2) is 4.99. The lowest BCUT2D eigenvalue weighted by Crippen LogP contribution is -2.62. The van der Waals surface area contributed by atoms with Gasteiger partial charge in [0.05, 0.1) is 25.2 Å². The number of fused-ring (bicyclic) bond motifs is 1. The summed E-state index contributed by atoms with van der Waals surface area (Å²) < 4.78 is 42.5. The van der Waals surface area contributed by atoms with E-state index >= 15 is 0 Å². The number of imide groups is 1. The van der Waals surface area contributed by atoms with E-state index in [-0.39, 0.29) is 13.2 Å². The van der Waals surface area contributed by atoms with E-state index in [1.807, 2.05) is 6.92 Å². The van der Waals surface area contributed by atoms with Crippen LogP contribution in [0, 0.1) is 5.92 Å². The molecule has 0 aliphatic carbocycles. The monoisotopic (exact) mass is 280 g/mol. The Morgan fingerprint density at radius 2 is 2.00 bits per heavy atom. The molecular weight excluding hydrogens is 265 g/mol. The highest BCUT2D eigenvalue weighted by atomic mass is 19.4. The number of nitrogens with zero attached hydrogens (tertiary/aromatic N) is 2. The quantitative estimate of drug-likeness (QED) is 0.781. The lowest BCUT2D eigenvalue weighted by Gasteiger charge is -2.41. The minimum absolute atomic E-state index is 0.0748. The third-order valence-corrected chi connectivity index (χ3v) is 3.31. The lowest BCUT2D eigenvalue weighted by atomic mass is 9.97. The number of carbonyl (C=O) groups is 2. The van der Waals surface area contributed by atoms with Gasteiger partial charge < -0.3 is 9.64 Å². The third kappa shape index (κ3) is 2.68. The average molecular weight is 280 g/mol. The zero-order chi connectivity index (χ0) is 14.2. The van der Waals surface area contributed by atoms with Crippen molar-refractivity contribution in [1.29, 1.82) is 0 Å². The molecule has 0 aromatic carbocycles. The van der Waals surface area contributed by atoms with Gasteiger partial charge >= 0.3 is 12.2 Å². The van der Waals surface area contributed by atoms with Crippen molar-refractivity contribution in [3.05, 3.63) is 0 Å². The minimum atomic E-state index is -4.59. The maximum absolute atomic E-state index is 12.4. The molecule has 0 bridgehead atoms. The maximum Gasteiger partial charge on any atom is 0.406 e. The molecule has 0 saturated carbocycles. The zero-order valence-corrected chi connectivity index (χ0v) is 10.4. The number of alkyl halides is 3. The molecule has 19 heavy (non-hydrogen) atoms. The van der Waals surface area contributed by atoms with E-state index in [2.05, 4.69) is 0 Å². The van der Waals surface area contributed by atoms with Crippen molar-refractivity contribution in [2.75, 3.05) is 26.3 Å². The van der Waals surface area contributed by atoms with Crippen LogP contribution in [-0.2, 0) is 9.53 Å². The number of amides is 3. The summed E-state index contributed by atoms with van der Waals surface area (Å²) in [5.74, 6) is -1.45. The van der Waals surface area contributed by atoms with Crippen LogP contribution in [0.25, 0.3) is 0 Å². The van der Waals surface area contributed by atoms with Crippen LogP contribution in [0.4, 0.5) is 18.0 Å². The smallest absolute Gasteiger partial charge is 0.378 e. The summed E-state index contributed by atoms with van der Waals surface area (Å²) in [4.78, 5) is 25.6. The van der Waals surface area contributed by atoms with Gasteiger partial charge in [-0.3, -0.25) is 9.69 Å². The molecule has 0 N–H and O–H groups in total. The first kappa shape index (κ1) is 14.1. The Labute approximate surface area is 108 Å². The molecule has 2 rings (SSSR count). The van der Waals surface area contributed by atoms with E-state index < -0.39 is 36.6 Å². The van der Waals surface area contributed by atoms with Gasteiger partial charge in [0.25, 0.3) is 0 Å². The summed E-state index contributed by atoms with van der Waals surface area (Å²) >= 11 is 0. The maximum atomic E-state index is 12.4. The standard InChI is InChI=1S/C11H15F3N2O3/c1-2-3-15-8-5-19-4-7(8)9(17)16(10(15)18)6-11(12,13)14/h7-8H,2-6H2,1H3. The first-order valence-corrected chi connectivity index (χ1v) is 6.11. The van der Waals surface area contributed by atoms with Crippen molar-refractivity contribution in [2.24, 2.45) is 5.92 Å². The van der Waals surface area contributed by atoms with Crippen molar-refractivity contribution in [1.82, 2.24) is 9.80 Å². The van der Waals surface area contributed by atoms with Crippen molar-refractivity contribution < 1.29 is 27.5 Å². The molecule has 8 heteroatoms. The molecule has 2 atom stereocenters. The highest BCUT2D eigenvalue weighted by Gasteiger charge is 2.51. The highest BCUT2D eigenvalue weighted by molar-refractivity contribution is 5.99. The first-order chi connectivity index (χ1) is 8.85. The molecule has 3 amide bonds. The van der Waals surface area contributed by atoms with Crippen molar-refractivity contribution >= 4 is 11.9 Å². The van der Waals surface area contributed by atoms with Gasteiger partial charge in [-0.1, -0.05) is 6.92 Å². The summed E-state index contributed by atoms with van der Waals surface area (Å²) in [5.41, 5.74) is 0. The van der Waals surface area contributed by atoms with Gasteiger partial charge in [-0.25, -0.2) is 4.79 Å². The Bertz CT molecular complexity index is 386. The SMILES string of the molecule is CCCN1C(=O)N(CC(F)(F)F)C(=O)C2COCC21. The van der Waals surface area contributed by atoms with E-state index in [1.54, 1.807) is 0 Å². The van der Waals surface area contributed by atoms with Crippen LogP contribution < -0.4 is 0 Å². The van der Waals surface area contributed by atoms with Gasteiger partial charge in [0, 0.05) is 6.54 Å². The fourth-order valence-corrected chi connectivity index (χ4v) is 2.50. The number of rotatable bonds is 3. The van der Waals surface area contributed by atoms with Crippen molar-refractivity contribution in [3.8, 4) is 0 Å². The van der Waals surface area contributed by atoms with Crippen LogP contribution in [-0.4, -0.2) is 60.3 Å². The first-order valence-electron chi connectivity index (χ1n) is 6.11. The minimum Gasteiger partial charge on any atom is -0.378 e. The van der Waals surface area contributed by atoms with Crippen LogP contribution in [0.3, 0.4) is 0 Å².